The molecule has 0 aliphatic rings. The van der Waals surface area contributed by atoms with Crippen molar-refractivity contribution in [2.24, 2.45) is 0 Å². The molecule has 0 radical (unpaired) electrons. The molecule has 2 aromatic rings. The molecule has 0 amide bonds. The molecule has 3 nitrogen and oxygen atoms in total. The molecule has 4 heteroatoms. The van der Waals surface area contributed by atoms with Crippen LogP contribution < -0.4 is 9.47 Å². The fourth-order valence-corrected chi connectivity index (χ4v) is 2.18. The highest BCUT2D eigenvalue weighted by Gasteiger charge is 2.18. The van der Waals surface area contributed by atoms with Gasteiger partial charge >= 0.3 is 0 Å². The van der Waals surface area contributed by atoms with Crippen LogP contribution in [0.2, 0.25) is 0 Å². The van der Waals surface area contributed by atoms with Crippen molar-refractivity contribution in [3.05, 3.63) is 58.6 Å². The zero-order valence-electron chi connectivity index (χ0n) is 12.0. The second-order valence-electron chi connectivity index (χ2n) is 4.51. The number of Topliss-reactive ketones (excluding diaryl/α,β-unsaturated/α-hetero) is 1. The van der Waals surface area contributed by atoms with Crippen LogP contribution in [0.3, 0.4) is 0 Å². The summed E-state index contributed by atoms with van der Waals surface area (Å²) in [5, 5.41) is 0. The summed E-state index contributed by atoms with van der Waals surface area (Å²) in [7, 11) is 0. The van der Waals surface area contributed by atoms with Gasteiger partial charge in [-0.1, -0.05) is 40.2 Å². The Bertz CT molecular complexity index is 608. The van der Waals surface area contributed by atoms with Crippen LogP contribution in [0.1, 0.15) is 24.2 Å². The van der Waals surface area contributed by atoms with Gasteiger partial charge < -0.3 is 9.47 Å². The van der Waals surface area contributed by atoms with E-state index in [0.29, 0.717) is 23.7 Å². The highest BCUT2D eigenvalue weighted by atomic mass is 79.9. The number of ether oxygens (including phenoxy) is 2. The summed E-state index contributed by atoms with van der Waals surface area (Å²) in [6.45, 7) is 4.20. The zero-order chi connectivity index (χ0) is 15.2. The number of halogens is 1. The van der Waals surface area contributed by atoms with Crippen LogP contribution in [0.15, 0.2) is 53.0 Å². The van der Waals surface area contributed by atoms with E-state index in [2.05, 4.69) is 15.9 Å². The molecule has 0 aromatic heterocycles. The van der Waals surface area contributed by atoms with Crippen molar-refractivity contribution in [1.29, 1.82) is 0 Å². The Morgan fingerprint density at radius 3 is 2.33 bits per heavy atom. The first kappa shape index (κ1) is 15.6. The topological polar surface area (TPSA) is 35.5 Å². The van der Waals surface area contributed by atoms with Crippen molar-refractivity contribution in [1.82, 2.24) is 0 Å². The minimum absolute atomic E-state index is 0.0613. The number of rotatable bonds is 6. The van der Waals surface area contributed by atoms with Crippen LogP contribution in [0.4, 0.5) is 0 Å². The third-order valence-electron chi connectivity index (χ3n) is 2.95. The first-order chi connectivity index (χ1) is 10.1. The molecule has 0 saturated heterocycles. The molecule has 0 N–H and O–H groups in total. The van der Waals surface area contributed by atoms with E-state index in [1.807, 2.05) is 37.3 Å². The fourth-order valence-electron chi connectivity index (χ4n) is 1.92. The lowest BCUT2D eigenvalue weighted by atomic mass is 10.1. The molecule has 2 aromatic carbocycles. The van der Waals surface area contributed by atoms with Crippen molar-refractivity contribution in [3.8, 4) is 11.5 Å². The Morgan fingerprint density at radius 2 is 1.71 bits per heavy atom. The quantitative estimate of drug-likeness (QED) is 0.721. The Hall–Kier alpha value is -1.81. The monoisotopic (exact) mass is 348 g/mol. The Kier molecular flexibility index (Phi) is 5.39. The molecule has 0 bridgehead atoms. The number of ketones is 1. The predicted octanol–water partition coefficient (Wildman–Crippen LogP) is 4.50. The summed E-state index contributed by atoms with van der Waals surface area (Å²) in [5.41, 5.74) is 0.625. The van der Waals surface area contributed by atoms with Gasteiger partial charge in [0.15, 0.2) is 17.6 Å². The Labute approximate surface area is 133 Å². The molecule has 0 heterocycles. The van der Waals surface area contributed by atoms with E-state index in [1.54, 1.807) is 25.1 Å². The van der Waals surface area contributed by atoms with Gasteiger partial charge in [0.1, 0.15) is 0 Å². The van der Waals surface area contributed by atoms with Crippen LogP contribution in [-0.2, 0) is 0 Å². The van der Waals surface area contributed by atoms with Gasteiger partial charge in [-0.05, 0) is 38.1 Å². The SMILES string of the molecule is CCOc1ccccc1OC(C)C(=O)c1ccc(Br)cc1. The molecule has 1 atom stereocenters. The van der Waals surface area contributed by atoms with Crippen LogP contribution in [-0.4, -0.2) is 18.5 Å². The van der Waals surface area contributed by atoms with Gasteiger partial charge in [-0.3, -0.25) is 4.79 Å². The van der Waals surface area contributed by atoms with E-state index < -0.39 is 6.10 Å². The van der Waals surface area contributed by atoms with Crippen LogP contribution in [0.5, 0.6) is 11.5 Å². The third-order valence-corrected chi connectivity index (χ3v) is 3.48. The number of carbonyl (C=O) groups excluding carboxylic acids is 1. The first-order valence-electron chi connectivity index (χ1n) is 6.80. The summed E-state index contributed by atoms with van der Waals surface area (Å²) in [6.07, 6.45) is -0.576. The number of hydrogen-bond acceptors (Lipinski definition) is 3. The summed E-state index contributed by atoms with van der Waals surface area (Å²) >= 11 is 3.35. The van der Waals surface area contributed by atoms with Crippen molar-refractivity contribution < 1.29 is 14.3 Å². The summed E-state index contributed by atoms with van der Waals surface area (Å²) in [4.78, 5) is 12.3. The largest absolute Gasteiger partial charge is 0.490 e. The van der Waals surface area contributed by atoms with Gasteiger partial charge in [-0.15, -0.1) is 0 Å². The third kappa shape index (κ3) is 4.08. The van der Waals surface area contributed by atoms with Gasteiger partial charge in [0.05, 0.1) is 6.61 Å². The molecular formula is C17H17BrO3. The first-order valence-corrected chi connectivity index (χ1v) is 7.59. The molecule has 0 spiro atoms. The van der Waals surface area contributed by atoms with Crippen molar-refractivity contribution >= 4 is 21.7 Å². The van der Waals surface area contributed by atoms with Crippen LogP contribution in [0, 0.1) is 0 Å². The van der Waals surface area contributed by atoms with Gasteiger partial charge in [0.2, 0.25) is 5.78 Å². The molecule has 21 heavy (non-hydrogen) atoms. The average molecular weight is 349 g/mol. The molecule has 1 unspecified atom stereocenters. The highest BCUT2D eigenvalue weighted by molar-refractivity contribution is 9.10. The number of para-hydroxylation sites is 2. The van der Waals surface area contributed by atoms with Gasteiger partial charge in [0, 0.05) is 10.0 Å². The summed E-state index contributed by atoms with van der Waals surface area (Å²) < 4.78 is 12.2. The van der Waals surface area contributed by atoms with Gasteiger partial charge in [0.25, 0.3) is 0 Å². The molecule has 2 rings (SSSR count). The lowest BCUT2D eigenvalue weighted by Gasteiger charge is -2.16. The molecule has 0 fully saturated rings. The highest BCUT2D eigenvalue weighted by Crippen LogP contribution is 2.28. The fraction of sp³-hybridized carbons (Fsp3) is 0.235. The van der Waals surface area contributed by atoms with Crippen molar-refractivity contribution in [2.45, 2.75) is 20.0 Å². The van der Waals surface area contributed by atoms with E-state index in [1.165, 1.54) is 0 Å². The maximum absolute atomic E-state index is 12.3. The predicted molar refractivity (Wildman–Crippen MR) is 86.2 cm³/mol. The summed E-state index contributed by atoms with van der Waals surface area (Å²) in [5.74, 6) is 1.17. The van der Waals surface area contributed by atoms with E-state index in [9.17, 15) is 4.79 Å². The second kappa shape index (κ2) is 7.27. The van der Waals surface area contributed by atoms with E-state index in [0.717, 1.165) is 4.47 Å². The minimum Gasteiger partial charge on any atom is -0.490 e. The normalized spacial score (nSPS) is 11.8. The molecule has 110 valence electrons. The molecule has 0 aliphatic carbocycles. The zero-order valence-corrected chi connectivity index (χ0v) is 13.6. The van der Waals surface area contributed by atoms with Crippen molar-refractivity contribution in [2.75, 3.05) is 6.61 Å². The van der Waals surface area contributed by atoms with Crippen molar-refractivity contribution in [3.63, 3.8) is 0 Å². The van der Waals surface area contributed by atoms with E-state index >= 15 is 0 Å². The maximum atomic E-state index is 12.3. The van der Waals surface area contributed by atoms with Crippen LogP contribution in [0.25, 0.3) is 0 Å². The number of benzene rings is 2. The average Bonchev–Trinajstić information content (AvgIpc) is 2.49. The Morgan fingerprint density at radius 1 is 1.10 bits per heavy atom. The number of hydrogen-bond donors (Lipinski definition) is 0. The minimum atomic E-state index is -0.576. The number of carbonyl (C=O) groups is 1. The van der Waals surface area contributed by atoms with Gasteiger partial charge in [-0.25, -0.2) is 0 Å². The lowest BCUT2D eigenvalue weighted by Crippen LogP contribution is -2.24. The van der Waals surface area contributed by atoms with E-state index in [4.69, 9.17) is 9.47 Å². The lowest BCUT2D eigenvalue weighted by molar-refractivity contribution is 0.0813. The summed E-state index contributed by atoms with van der Waals surface area (Å²) in [6, 6.07) is 14.6. The molecular weight excluding hydrogens is 332 g/mol. The second-order valence-corrected chi connectivity index (χ2v) is 5.43. The van der Waals surface area contributed by atoms with Gasteiger partial charge in [-0.2, -0.15) is 0 Å². The smallest absolute Gasteiger partial charge is 0.202 e. The molecule has 0 aliphatic heterocycles. The standard InChI is InChI=1S/C17H17BrO3/c1-3-20-15-6-4-5-7-16(15)21-12(2)17(19)13-8-10-14(18)11-9-13/h4-12H,3H2,1-2H3. The molecule has 0 saturated carbocycles. The van der Waals surface area contributed by atoms with E-state index in [-0.39, 0.29) is 5.78 Å². The maximum Gasteiger partial charge on any atom is 0.202 e. The Balaban J connectivity index is 2.12. The van der Waals surface area contributed by atoms with Crippen LogP contribution >= 0.6 is 15.9 Å².